The molecule has 1 aromatic carbocycles. The van der Waals surface area contributed by atoms with E-state index < -0.39 is 0 Å². The predicted octanol–water partition coefficient (Wildman–Crippen LogP) is 4.74. The molecule has 0 amide bonds. The van der Waals surface area contributed by atoms with Gasteiger partial charge in [0.2, 0.25) is 0 Å². The van der Waals surface area contributed by atoms with Crippen molar-refractivity contribution < 1.29 is 0 Å². The van der Waals surface area contributed by atoms with Gasteiger partial charge in [-0.25, -0.2) is 0 Å². The Kier molecular flexibility index (Phi) is 3.16. The highest BCUT2D eigenvalue weighted by atomic mass is 32.1. The van der Waals surface area contributed by atoms with Gasteiger partial charge in [-0.3, -0.25) is 0 Å². The maximum absolute atomic E-state index is 3.71. The van der Waals surface area contributed by atoms with Gasteiger partial charge in [-0.05, 0) is 42.7 Å². The summed E-state index contributed by atoms with van der Waals surface area (Å²) in [6, 6.07) is 11.5. The molecule has 1 nitrogen and oxygen atoms in total. The Labute approximate surface area is 113 Å². The number of hydrogen-bond donors (Lipinski definition) is 1. The molecule has 1 aliphatic rings. The average Bonchev–Trinajstić information content (AvgIpc) is 2.77. The lowest BCUT2D eigenvalue weighted by Crippen LogP contribution is -2.38. The molecule has 3 rings (SSSR count). The zero-order valence-electron chi connectivity index (χ0n) is 11.2. The fourth-order valence-electron chi connectivity index (χ4n) is 2.67. The van der Waals surface area contributed by atoms with E-state index in [0.717, 1.165) is 6.54 Å². The van der Waals surface area contributed by atoms with Gasteiger partial charge in [0.25, 0.3) is 0 Å². The summed E-state index contributed by atoms with van der Waals surface area (Å²) < 4.78 is 1.40. The third kappa shape index (κ3) is 2.32. The minimum Gasteiger partial charge on any atom is -0.309 e. The molecule has 0 saturated heterocycles. The Bertz CT molecular complexity index is 506. The summed E-state index contributed by atoms with van der Waals surface area (Å²) in [6.45, 7) is 5.84. The van der Waals surface area contributed by atoms with Gasteiger partial charge in [-0.15, -0.1) is 11.3 Å². The van der Waals surface area contributed by atoms with E-state index in [-0.39, 0.29) is 0 Å². The van der Waals surface area contributed by atoms with E-state index in [4.69, 9.17) is 0 Å². The van der Waals surface area contributed by atoms with Crippen molar-refractivity contribution >= 4 is 21.4 Å². The number of benzene rings is 1. The molecule has 1 heterocycles. The van der Waals surface area contributed by atoms with Crippen LogP contribution in [0.25, 0.3) is 10.1 Å². The van der Waals surface area contributed by atoms with Crippen molar-refractivity contribution in [2.24, 2.45) is 5.41 Å². The number of thiophene rings is 1. The molecule has 1 atom stereocenters. The van der Waals surface area contributed by atoms with Gasteiger partial charge < -0.3 is 5.32 Å². The summed E-state index contributed by atoms with van der Waals surface area (Å²) in [5.41, 5.74) is 0.560. The third-order valence-corrected chi connectivity index (χ3v) is 5.57. The Morgan fingerprint density at radius 1 is 1.33 bits per heavy atom. The zero-order valence-corrected chi connectivity index (χ0v) is 12.0. The first-order valence-corrected chi connectivity index (χ1v) is 7.70. The van der Waals surface area contributed by atoms with Gasteiger partial charge in [-0.1, -0.05) is 31.5 Å². The lowest BCUT2D eigenvalue weighted by atomic mass is 9.70. The van der Waals surface area contributed by atoms with Crippen LogP contribution in [0, 0.1) is 5.41 Å². The molecule has 0 aliphatic heterocycles. The Balaban J connectivity index is 1.69. The second-order valence-corrected chi connectivity index (χ2v) is 7.07. The fourth-order valence-corrected chi connectivity index (χ4v) is 3.76. The molecule has 0 radical (unpaired) electrons. The van der Waals surface area contributed by atoms with Gasteiger partial charge in [0.15, 0.2) is 0 Å². The molecule has 1 fully saturated rings. The summed E-state index contributed by atoms with van der Waals surface area (Å²) in [6.07, 6.45) is 4.19. The quantitative estimate of drug-likeness (QED) is 0.836. The van der Waals surface area contributed by atoms with E-state index >= 15 is 0 Å². The van der Waals surface area contributed by atoms with Crippen LogP contribution < -0.4 is 5.32 Å². The van der Waals surface area contributed by atoms with Crippen LogP contribution in [0.1, 0.15) is 44.0 Å². The van der Waals surface area contributed by atoms with Gasteiger partial charge in [0.05, 0.1) is 0 Å². The molecule has 2 heteroatoms. The predicted molar refractivity (Wildman–Crippen MR) is 80.2 cm³/mol. The summed E-state index contributed by atoms with van der Waals surface area (Å²) >= 11 is 1.92. The van der Waals surface area contributed by atoms with Crippen molar-refractivity contribution in [3.05, 3.63) is 35.2 Å². The van der Waals surface area contributed by atoms with Crippen LogP contribution in [-0.2, 0) is 0 Å². The van der Waals surface area contributed by atoms with Crippen molar-refractivity contribution in [3.63, 3.8) is 0 Å². The summed E-state index contributed by atoms with van der Waals surface area (Å²) in [5, 5.41) is 5.09. The molecular weight excluding hydrogens is 238 g/mol. The lowest BCUT2D eigenvalue weighted by Gasteiger charge is -2.39. The fraction of sp³-hybridized carbons (Fsp3) is 0.500. The van der Waals surface area contributed by atoms with Crippen molar-refractivity contribution in [2.75, 3.05) is 6.54 Å². The smallest absolute Gasteiger partial charge is 0.0386 e. The third-order valence-electron chi connectivity index (χ3n) is 4.27. The van der Waals surface area contributed by atoms with Gasteiger partial charge in [0.1, 0.15) is 0 Å². The van der Waals surface area contributed by atoms with E-state index in [9.17, 15) is 0 Å². The largest absolute Gasteiger partial charge is 0.309 e. The van der Waals surface area contributed by atoms with Crippen molar-refractivity contribution in [1.82, 2.24) is 5.32 Å². The maximum Gasteiger partial charge on any atom is 0.0386 e. The van der Waals surface area contributed by atoms with Gasteiger partial charge in [0, 0.05) is 22.2 Å². The molecule has 96 valence electrons. The van der Waals surface area contributed by atoms with E-state index in [0.29, 0.717) is 11.5 Å². The van der Waals surface area contributed by atoms with E-state index in [2.05, 4.69) is 49.5 Å². The molecular formula is C16H21NS. The van der Waals surface area contributed by atoms with E-state index in [1.807, 2.05) is 11.3 Å². The first-order chi connectivity index (χ1) is 8.66. The molecule has 1 saturated carbocycles. The second-order valence-electron chi connectivity index (χ2n) is 5.95. The molecule has 0 bridgehead atoms. The minimum atomic E-state index is 0.472. The van der Waals surface area contributed by atoms with Gasteiger partial charge in [-0.2, -0.15) is 0 Å². The van der Waals surface area contributed by atoms with Crippen molar-refractivity contribution in [1.29, 1.82) is 0 Å². The van der Waals surface area contributed by atoms with Gasteiger partial charge >= 0.3 is 0 Å². The van der Waals surface area contributed by atoms with Crippen LogP contribution in [0.3, 0.4) is 0 Å². The first-order valence-electron chi connectivity index (χ1n) is 6.88. The summed E-state index contributed by atoms with van der Waals surface area (Å²) in [7, 11) is 0. The topological polar surface area (TPSA) is 12.0 Å². The van der Waals surface area contributed by atoms with Crippen LogP contribution in [0.15, 0.2) is 30.3 Å². The monoisotopic (exact) mass is 259 g/mol. The maximum atomic E-state index is 3.71. The first kappa shape index (κ1) is 12.2. The Morgan fingerprint density at radius 3 is 2.78 bits per heavy atom. The molecule has 1 unspecified atom stereocenters. The van der Waals surface area contributed by atoms with Crippen LogP contribution >= 0.6 is 11.3 Å². The van der Waals surface area contributed by atoms with Crippen molar-refractivity contribution in [3.8, 4) is 0 Å². The second kappa shape index (κ2) is 4.67. The summed E-state index contributed by atoms with van der Waals surface area (Å²) in [5.74, 6) is 0. The molecule has 1 aliphatic carbocycles. The minimum absolute atomic E-state index is 0.472. The molecule has 1 N–H and O–H groups in total. The standard InChI is InChI=1S/C16H21NS/c1-12(17-11-16(2)8-5-9-16)15-10-13-6-3-4-7-14(13)18-15/h3-4,6-7,10,12,17H,5,8-9,11H2,1-2H3. The van der Waals surface area contributed by atoms with Crippen LogP contribution in [0.5, 0.6) is 0 Å². The molecule has 18 heavy (non-hydrogen) atoms. The van der Waals surface area contributed by atoms with Crippen LogP contribution in [0.4, 0.5) is 0 Å². The Morgan fingerprint density at radius 2 is 2.11 bits per heavy atom. The SMILES string of the molecule is CC(NCC1(C)CCC1)c1cc2ccccc2s1. The van der Waals surface area contributed by atoms with E-state index in [1.165, 1.54) is 34.2 Å². The van der Waals surface area contributed by atoms with Crippen LogP contribution in [0.2, 0.25) is 0 Å². The highest BCUT2D eigenvalue weighted by Gasteiger charge is 2.31. The van der Waals surface area contributed by atoms with Crippen LogP contribution in [-0.4, -0.2) is 6.54 Å². The number of nitrogens with one attached hydrogen (secondary N) is 1. The van der Waals surface area contributed by atoms with E-state index in [1.54, 1.807) is 0 Å². The average molecular weight is 259 g/mol. The lowest BCUT2D eigenvalue weighted by molar-refractivity contribution is 0.152. The molecule has 2 aromatic rings. The summed E-state index contributed by atoms with van der Waals surface area (Å²) in [4.78, 5) is 1.46. The molecule has 0 spiro atoms. The Hall–Kier alpha value is -0.860. The number of fused-ring (bicyclic) bond motifs is 1. The molecule has 1 aromatic heterocycles. The normalized spacial score (nSPS) is 19.7. The number of hydrogen-bond acceptors (Lipinski definition) is 2. The number of rotatable bonds is 4. The highest BCUT2D eigenvalue weighted by Crippen LogP contribution is 2.40. The zero-order chi connectivity index (χ0) is 12.6. The van der Waals surface area contributed by atoms with Crippen molar-refractivity contribution in [2.45, 2.75) is 39.2 Å². The highest BCUT2D eigenvalue weighted by molar-refractivity contribution is 7.19.